The molecule has 0 N–H and O–H groups in total. The molecule has 2 aromatic carbocycles. The van der Waals surface area contributed by atoms with Gasteiger partial charge in [-0.05, 0) is 24.6 Å². The first-order chi connectivity index (χ1) is 10.7. The van der Waals surface area contributed by atoms with Gasteiger partial charge in [0.1, 0.15) is 5.82 Å². The summed E-state index contributed by atoms with van der Waals surface area (Å²) in [5.41, 5.74) is 1.69. The van der Waals surface area contributed by atoms with Gasteiger partial charge in [-0.15, -0.1) is 10.2 Å². The Morgan fingerprint density at radius 1 is 1.00 bits per heavy atom. The second kappa shape index (κ2) is 6.32. The van der Waals surface area contributed by atoms with Gasteiger partial charge in [-0.2, -0.15) is 0 Å². The highest BCUT2D eigenvalue weighted by atomic mass is 32.2. The van der Waals surface area contributed by atoms with Crippen LogP contribution in [-0.4, -0.2) is 14.8 Å². The first-order valence-corrected chi connectivity index (χ1v) is 7.90. The second-order valence-corrected chi connectivity index (χ2v) is 6.32. The summed E-state index contributed by atoms with van der Waals surface area (Å²) >= 11 is 1.61. The number of nitrogens with zero attached hydrogens (tertiary/aromatic N) is 3. The summed E-state index contributed by atoms with van der Waals surface area (Å²) < 4.78 is 15.7. The fourth-order valence-electron chi connectivity index (χ4n) is 2.24. The van der Waals surface area contributed by atoms with Crippen LogP contribution < -0.4 is 0 Å². The number of rotatable bonds is 4. The van der Waals surface area contributed by atoms with Crippen molar-refractivity contribution in [3.63, 3.8) is 0 Å². The summed E-state index contributed by atoms with van der Waals surface area (Å²) in [7, 11) is 1.86. The summed E-state index contributed by atoms with van der Waals surface area (Å²) in [6.07, 6.45) is 0. The highest BCUT2D eigenvalue weighted by Gasteiger charge is 2.17. The smallest absolute Gasteiger partial charge is 0.191 e. The standard InChI is InChI=1S/C17H16FN3S/c1-12(13-8-4-3-5-9-13)22-17-20-19-16(21(17)2)14-10-6-7-11-15(14)18/h3-12H,1-2H3/t12-/m0/s1. The van der Waals surface area contributed by atoms with Gasteiger partial charge in [-0.25, -0.2) is 4.39 Å². The van der Waals surface area contributed by atoms with Gasteiger partial charge in [-0.1, -0.05) is 54.2 Å². The fraction of sp³-hybridized carbons (Fsp3) is 0.176. The Bertz CT molecular complexity index is 771. The molecule has 1 aromatic heterocycles. The molecule has 3 rings (SSSR count). The van der Waals surface area contributed by atoms with Crippen molar-refractivity contribution in [1.29, 1.82) is 0 Å². The molecule has 0 unspecified atom stereocenters. The molecule has 3 aromatic rings. The van der Waals surface area contributed by atoms with E-state index in [9.17, 15) is 4.39 Å². The quantitative estimate of drug-likeness (QED) is 0.666. The Labute approximate surface area is 133 Å². The molecule has 0 aliphatic heterocycles. The Hall–Kier alpha value is -2.14. The van der Waals surface area contributed by atoms with E-state index in [2.05, 4.69) is 29.3 Å². The molecule has 1 atom stereocenters. The Kier molecular flexibility index (Phi) is 4.24. The van der Waals surface area contributed by atoms with E-state index in [0.717, 1.165) is 5.16 Å². The lowest BCUT2D eigenvalue weighted by molar-refractivity contribution is 0.628. The zero-order chi connectivity index (χ0) is 15.5. The molecule has 0 radical (unpaired) electrons. The molecule has 1 heterocycles. The number of benzene rings is 2. The molecule has 0 saturated carbocycles. The number of aromatic nitrogens is 3. The van der Waals surface area contributed by atoms with Gasteiger partial charge >= 0.3 is 0 Å². The first-order valence-electron chi connectivity index (χ1n) is 7.02. The SMILES string of the molecule is C[C@H](Sc1nnc(-c2ccccc2F)n1C)c1ccccc1. The van der Waals surface area contributed by atoms with Gasteiger partial charge in [0.05, 0.1) is 5.56 Å². The minimum Gasteiger partial charge on any atom is -0.305 e. The third kappa shape index (κ3) is 2.90. The highest BCUT2D eigenvalue weighted by molar-refractivity contribution is 7.99. The summed E-state index contributed by atoms with van der Waals surface area (Å²) in [6, 6.07) is 16.8. The maximum Gasteiger partial charge on any atom is 0.191 e. The summed E-state index contributed by atoms with van der Waals surface area (Å²) in [4.78, 5) is 0. The van der Waals surface area contributed by atoms with Crippen LogP contribution in [0, 0.1) is 5.82 Å². The molecule has 3 nitrogen and oxygen atoms in total. The van der Waals surface area contributed by atoms with Crippen LogP contribution in [0.25, 0.3) is 11.4 Å². The lowest BCUT2D eigenvalue weighted by atomic mass is 10.2. The van der Waals surface area contributed by atoms with Crippen LogP contribution in [0.5, 0.6) is 0 Å². The van der Waals surface area contributed by atoms with Crippen LogP contribution in [0.1, 0.15) is 17.7 Å². The molecular formula is C17H16FN3S. The van der Waals surface area contributed by atoms with E-state index in [1.54, 1.807) is 30.0 Å². The number of hydrogen-bond acceptors (Lipinski definition) is 3. The van der Waals surface area contributed by atoms with Gasteiger partial charge in [-0.3, -0.25) is 0 Å². The van der Waals surface area contributed by atoms with E-state index in [4.69, 9.17) is 0 Å². The Balaban J connectivity index is 1.87. The number of thioether (sulfide) groups is 1. The summed E-state index contributed by atoms with van der Waals surface area (Å²) in [5, 5.41) is 9.37. The van der Waals surface area contributed by atoms with Crippen LogP contribution in [-0.2, 0) is 7.05 Å². The lowest BCUT2D eigenvalue weighted by Gasteiger charge is -2.11. The van der Waals surface area contributed by atoms with E-state index in [1.165, 1.54) is 11.6 Å². The first kappa shape index (κ1) is 14.8. The molecule has 0 spiro atoms. The van der Waals surface area contributed by atoms with E-state index in [1.807, 2.05) is 29.8 Å². The van der Waals surface area contributed by atoms with E-state index in [0.29, 0.717) is 11.4 Å². The molecule has 22 heavy (non-hydrogen) atoms. The van der Waals surface area contributed by atoms with Crippen molar-refractivity contribution in [3.05, 3.63) is 66.0 Å². The number of halogens is 1. The van der Waals surface area contributed by atoms with Gasteiger partial charge in [0.2, 0.25) is 0 Å². The van der Waals surface area contributed by atoms with Crippen molar-refractivity contribution < 1.29 is 4.39 Å². The second-order valence-electron chi connectivity index (χ2n) is 5.02. The maximum absolute atomic E-state index is 13.9. The Morgan fingerprint density at radius 3 is 2.41 bits per heavy atom. The third-order valence-corrected chi connectivity index (χ3v) is 4.69. The minimum atomic E-state index is -0.286. The molecule has 0 aliphatic rings. The highest BCUT2D eigenvalue weighted by Crippen LogP contribution is 2.34. The van der Waals surface area contributed by atoms with Crippen molar-refractivity contribution in [1.82, 2.24) is 14.8 Å². The Morgan fingerprint density at radius 2 is 1.68 bits per heavy atom. The predicted octanol–water partition coefficient (Wildman–Crippen LogP) is 4.47. The summed E-state index contributed by atoms with van der Waals surface area (Å²) in [5.74, 6) is 0.256. The molecule has 112 valence electrons. The van der Waals surface area contributed by atoms with Crippen LogP contribution in [0.3, 0.4) is 0 Å². The molecule has 0 amide bonds. The minimum absolute atomic E-state index is 0.248. The maximum atomic E-state index is 13.9. The van der Waals surface area contributed by atoms with Crippen LogP contribution in [0.4, 0.5) is 4.39 Å². The largest absolute Gasteiger partial charge is 0.305 e. The van der Waals surface area contributed by atoms with Crippen molar-refractivity contribution in [2.45, 2.75) is 17.3 Å². The number of hydrogen-bond donors (Lipinski definition) is 0. The fourth-order valence-corrected chi connectivity index (χ4v) is 3.19. The van der Waals surface area contributed by atoms with Gasteiger partial charge < -0.3 is 4.57 Å². The topological polar surface area (TPSA) is 30.7 Å². The van der Waals surface area contributed by atoms with E-state index in [-0.39, 0.29) is 11.1 Å². The van der Waals surface area contributed by atoms with E-state index < -0.39 is 0 Å². The van der Waals surface area contributed by atoms with Gasteiger partial charge in [0.25, 0.3) is 0 Å². The van der Waals surface area contributed by atoms with Gasteiger partial charge in [0, 0.05) is 12.3 Å². The van der Waals surface area contributed by atoms with Gasteiger partial charge in [0.15, 0.2) is 11.0 Å². The average molecular weight is 313 g/mol. The molecule has 0 bridgehead atoms. The zero-order valence-corrected chi connectivity index (χ0v) is 13.2. The molecular weight excluding hydrogens is 297 g/mol. The van der Waals surface area contributed by atoms with E-state index >= 15 is 0 Å². The molecule has 0 saturated heterocycles. The third-order valence-electron chi connectivity index (χ3n) is 3.50. The summed E-state index contributed by atoms with van der Waals surface area (Å²) in [6.45, 7) is 2.12. The van der Waals surface area contributed by atoms with Crippen LogP contribution in [0.2, 0.25) is 0 Å². The molecule has 5 heteroatoms. The van der Waals surface area contributed by atoms with Crippen molar-refractivity contribution in [2.24, 2.45) is 7.05 Å². The molecule has 0 aliphatic carbocycles. The average Bonchev–Trinajstić information content (AvgIpc) is 2.90. The predicted molar refractivity (Wildman–Crippen MR) is 87.1 cm³/mol. The van der Waals surface area contributed by atoms with Crippen molar-refractivity contribution >= 4 is 11.8 Å². The normalized spacial score (nSPS) is 12.3. The van der Waals surface area contributed by atoms with Crippen molar-refractivity contribution in [2.75, 3.05) is 0 Å². The van der Waals surface area contributed by atoms with Crippen molar-refractivity contribution in [3.8, 4) is 11.4 Å². The monoisotopic (exact) mass is 313 g/mol. The van der Waals surface area contributed by atoms with Crippen LogP contribution >= 0.6 is 11.8 Å². The lowest BCUT2D eigenvalue weighted by Crippen LogP contribution is -1.98. The zero-order valence-electron chi connectivity index (χ0n) is 12.4. The molecule has 0 fully saturated rings. The van der Waals surface area contributed by atoms with Crippen LogP contribution in [0.15, 0.2) is 59.8 Å².